The van der Waals surface area contributed by atoms with E-state index in [-0.39, 0.29) is 16.9 Å². The minimum atomic E-state index is -4.59. The molecule has 0 bridgehead atoms. The molecule has 3 aromatic heterocycles. The van der Waals surface area contributed by atoms with Crippen molar-refractivity contribution in [2.45, 2.75) is 13.1 Å². The van der Waals surface area contributed by atoms with E-state index in [0.29, 0.717) is 28.7 Å². The normalized spacial score (nSPS) is 11.3. The van der Waals surface area contributed by atoms with Crippen LogP contribution in [0.3, 0.4) is 0 Å². The van der Waals surface area contributed by atoms with Gasteiger partial charge in [0, 0.05) is 47.4 Å². The van der Waals surface area contributed by atoms with Crippen molar-refractivity contribution in [3.05, 3.63) is 103 Å². The van der Waals surface area contributed by atoms with Gasteiger partial charge in [-0.05, 0) is 55.5 Å². The topological polar surface area (TPSA) is 111 Å². The van der Waals surface area contributed by atoms with Crippen LogP contribution < -0.4 is 10.6 Å². The van der Waals surface area contributed by atoms with Crippen LogP contribution in [-0.4, -0.2) is 35.4 Å². The summed E-state index contributed by atoms with van der Waals surface area (Å²) in [6.45, 7) is 1.73. The molecule has 0 saturated heterocycles. The first-order valence-electron chi connectivity index (χ1n) is 11.3. The van der Waals surface area contributed by atoms with Crippen LogP contribution in [-0.2, 0) is 6.18 Å². The summed E-state index contributed by atoms with van der Waals surface area (Å²) in [6.07, 6.45) is 4.71. The number of hydrogen-bond donors (Lipinski definition) is 2. The highest BCUT2D eigenvalue weighted by atomic mass is 19.4. The minimum absolute atomic E-state index is 0.00241. The maximum absolute atomic E-state index is 13.5. The molecule has 0 aliphatic heterocycles. The number of nitrogens with one attached hydrogen (secondary N) is 2. The Morgan fingerprint density at radius 3 is 2.39 bits per heavy atom. The number of imidazole rings is 1. The Labute approximate surface area is 214 Å². The second-order valence-electron chi connectivity index (χ2n) is 8.20. The zero-order valence-corrected chi connectivity index (χ0v) is 19.8. The van der Waals surface area contributed by atoms with E-state index in [4.69, 9.17) is 0 Å². The van der Waals surface area contributed by atoms with Gasteiger partial charge in [-0.25, -0.2) is 15.0 Å². The number of aryl methyl sites for hydroxylation is 1. The van der Waals surface area contributed by atoms with Crippen LogP contribution in [0.2, 0.25) is 0 Å². The third kappa shape index (κ3) is 5.64. The number of carbonyl (C=O) groups excluding carboxylic acids is 1. The van der Waals surface area contributed by atoms with E-state index in [2.05, 4.69) is 35.6 Å². The van der Waals surface area contributed by atoms with Crippen LogP contribution in [0.25, 0.3) is 17.1 Å². The lowest BCUT2D eigenvalue weighted by atomic mass is 10.1. The Balaban J connectivity index is 1.32. The van der Waals surface area contributed by atoms with E-state index in [0.717, 1.165) is 12.1 Å². The summed E-state index contributed by atoms with van der Waals surface area (Å²) in [5.74, 6) is -0.249. The van der Waals surface area contributed by atoms with Crippen molar-refractivity contribution in [2.24, 2.45) is 0 Å². The molecule has 12 heteroatoms. The van der Waals surface area contributed by atoms with Crippen molar-refractivity contribution in [2.75, 3.05) is 10.6 Å². The Kier molecular flexibility index (Phi) is 6.52. The zero-order chi connectivity index (χ0) is 26.7. The van der Waals surface area contributed by atoms with E-state index < -0.39 is 17.6 Å². The first kappa shape index (κ1) is 24.6. The fourth-order valence-electron chi connectivity index (χ4n) is 3.59. The van der Waals surface area contributed by atoms with Crippen molar-refractivity contribution in [3.63, 3.8) is 0 Å². The lowest BCUT2D eigenvalue weighted by molar-refractivity contribution is -0.137. The molecule has 0 fully saturated rings. The molecule has 3 heterocycles. The van der Waals surface area contributed by atoms with Gasteiger partial charge in [0.25, 0.3) is 5.91 Å². The van der Waals surface area contributed by atoms with Crippen molar-refractivity contribution >= 4 is 23.2 Å². The van der Waals surface area contributed by atoms with Crippen LogP contribution >= 0.6 is 0 Å². The summed E-state index contributed by atoms with van der Waals surface area (Å²) in [7, 11) is 0. The summed E-state index contributed by atoms with van der Waals surface area (Å²) >= 11 is 0. The van der Waals surface area contributed by atoms with Crippen LogP contribution in [0, 0.1) is 6.92 Å². The zero-order valence-electron chi connectivity index (χ0n) is 19.8. The molecule has 5 rings (SSSR count). The van der Waals surface area contributed by atoms with Gasteiger partial charge in [0.2, 0.25) is 5.95 Å². The summed E-state index contributed by atoms with van der Waals surface area (Å²) in [5.41, 5.74) is 2.01. The van der Waals surface area contributed by atoms with Gasteiger partial charge in [0.05, 0.1) is 29.5 Å². The van der Waals surface area contributed by atoms with Gasteiger partial charge in [0.15, 0.2) is 0 Å². The maximum Gasteiger partial charge on any atom is 0.416 e. The van der Waals surface area contributed by atoms with Crippen LogP contribution in [0.1, 0.15) is 21.6 Å². The van der Waals surface area contributed by atoms with Crippen LogP contribution in [0.15, 0.2) is 85.8 Å². The van der Waals surface area contributed by atoms with Crippen molar-refractivity contribution < 1.29 is 18.0 Å². The monoisotopic (exact) mass is 516 g/mol. The molecule has 0 spiro atoms. The molecule has 0 aliphatic carbocycles. The quantitative estimate of drug-likeness (QED) is 0.309. The van der Waals surface area contributed by atoms with Gasteiger partial charge >= 0.3 is 6.18 Å². The third-order valence-electron chi connectivity index (χ3n) is 5.40. The number of benzene rings is 2. The molecular formula is C26H19F3N8O. The number of halogens is 3. The van der Waals surface area contributed by atoms with Crippen molar-refractivity contribution in [3.8, 4) is 17.1 Å². The highest BCUT2D eigenvalue weighted by Crippen LogP contribution is 2.33. The highest BCUT2D eigenvalue weighted by molar-refractivity contribution is 6.04. The molecule has 1 amide bonds. The number of aromatic nitrogens is 6. The van der Waals surface area contributed by atoms with Crippen molar-refractivity contribution in [1.82, 2.24) is 29.5 Å². The second-order valence-corrected chi connectivity index (χ2v) is 8.20. The fraction of sp³-hybridized carbons (Fsp3) is 0.0769. The van der Waals surface area contributed by atoms with Crippen LogP contribution in [0.5, 0.6) is 0 Å². The molecule has 5 aromatic rings. The summed E-state index contributed by atoms with van der Waals surface area (Å²) in [5, 5.41) is 5.60. The number of anilines is 3. The lowest BCUT2D eigenvalue weighted by Crippen LogP contribution is -2.14. The van der Waals surface area contributed by atoms with E-state index in [9.17, 15) is 18.0 Å². The van der Waals surface area contributed by atoms with Gasteiger partial charge in [0.1, 0.15) is 5.69 Å². The molecule has 2 N–H and O–H groups in total. The lowest BCUT2D eigenvalue weighted by Gasteiger charge is -2.14. The largest absolute Gasteiger partial charge is 0.416 e. The fourth-order valence-corrected chi connectivity index (χ4v) is 3.59. The molecule has 190 valence electrons. The standard InChI is InChI=1S/C26H19F3N8O/c1-16-14-37(15-33-16)21-11-18(26(27,28)29)10-20(12-21)34-24(38)17-2-4-19(5-3-17)35-25-32-7-6-22(36-25)23-13-30-8-9-31-23/h2-15H,1H3,(H,34,38)(H,32,35,36). The maximum atomic E-state index is 13.5. The molecule has 0 saturated carbocycles. The second kappa shape index (κ2) is 10.1. The van der Waals surface area contributed by atoms with Crippen molar-refractivity contribution in [1.29, 1.82) is 0 Å². The number of carbonyl (C=O) groups is 1. The summed E-state index contributed by atoms with van der Waals surface area (Å²) in [4.78, 5) is 33.7. The molecule has 0 unspecified atom stereocenters. The average molecular weight is 516 g/mol. The predicted molar refractivity (Wildman–Crippen MR) is 134 cm³/mol. The Morgan fingerprint density at radius 2 is 1.71 bits per heavy atom. The summed E-state index contributed by atoms with van der Waals surface area (Å²) in [6, 6.07) is 11.4. The number of rotatable bonds is 6. The summed E-state index contributed by atoms with van der Waals surface area (Å²) < 4.78 is 42.0. The van der Waals surface area contributed by atoms with Gasteiger partial charge in [-0.2, -0.15) is 13.2 Å². The number of amides is 1. The third-order valence-corrected chi connectivity index (χ3v) is 5.40. The Hall–Kier alpha value is -5.13. The molecule has 2 aromatic carbocycles. The van der Waals surface area contributed by atoms with Gasteiger partial charge in [-0.15, -0.1) is 0 Å². The first-order chi connectivity index (χ1) is 18.2. The molecule has 0 aliphatic rings. The molecule has 9 nitrogen and oxygen atoms in total. The Bertz CT molecular complexity index is 1580. The van der Waals surface area contributed by atoms with Crippen LogP contribution in [0.4, 0.5) is 30.5 Å². The van der Waals surface area contributed by atoms with E-state index in [1.807, 2.05) is 0 Å². The number of hydrogen-bond acceptors (Lipinski definition) is 7. The number of nitrogens with zero attached hydrogens (tertiary/aromatic N) is 6. The smallest absolute Gasteiger partial charge is 0.324 e. The number of alkyl halides is 3. The van der Waals surface area contributed by atoms with Gasteiger partial charge in [-0.3, -0.25) is 14.8 Å². The predicted octanol–water partition coefficient (Wildman–Crippen LogP) is 5.44. The van der Waals surface area contributed by atoms with Gasteiger partial charge < -0.3 is 15.2 Å². The first-order valence-corrected chi connectivity index (χ1v) is 11.3. The Morgan fingerprint density at radius 1 is 0.895 bits per heavy atom. The molecule has 38 heavy (non-hydrogen) atoms. The molecular weight excluding hydrogens is 497 g/mol. The highest BCUT2D eigenvalue weighted by Gasteiger charge is 2.31. The van der Waals surface area contributed by atoms with Gasteiger partial charge in [-0.1, -0.05) is 0 Å². The molecule has 0 radical (unpaired) electrons. The molecule has 0 atom stereocenters. The minimum Gasteiger partial charge on any atom is -0.324 e. The SMILES string of the molecule is Cc1cn(-c2cc(NC(=O)c3ccc(Nc4nccc(-c5cnccn5)n4)cc3)cc(C(F)(F)F)c2)cn1. The van der Waals surface area contributed by atoms with E-state index >= 15 is 0 Å². The van der Waals surface area contributed by atoms with E-state index in [1.165, 1.54) is 29.1 Å². The van der Waals surface area contributed by atoms with E-state index in [1.54, 1.807) is 56.1 Å². The average Bonchev–Trinajstić information content (AvgIpc) is 3.35.